The van der Waals surface area contributed by atoms with Crippen LogP contribution in [0.3, 0.4) is 0 Å². The minimum Gasteiger partial charge on any atom is -0.367 e. The zero-order valence-electron chi connectivity index (χ0n) is 20.8. The van der Waals surface area contributed by atoms with Gasteiger partial charge in [-0.25, -0.2) is 13.8 Å². The summed E-state index contributed by atoms with van der Waals surface area (Å²) in [6, 6.07) is 4.07. The van der Waals surface area contributed by atoms with Crippen LogP contribution in [0.25, 0.3) is 22.4 Å². The molecule has 2 saturated heterocycles. The summed E-state index contributed by atoms with van der Waals surface area (Å²) in [5, 5.41) is 4.53. The molecular weight excluding hydrogens is 478 g/mol. The Hall–Kier alpha value is -3.60. The van der Waals surface area contributed by atoms with E-state index in [1.807, 2.05) is 29.4 Å². The van der Waals surface area contributed by atoms with Gasteiger partial charge >= 0.3 is 0 Å². The summed E-state index contributed by atoms with van der Waals surface area (Å²) >= 11 is 0. The van der Waals surface area contributed by atoms with Gasteiger partial charge in [-0.1, -0.05) is 0 Å². The Kier molecular flexibility index (Phi) is 5.17. The maximum atomic E-state index is 15.0. The molecule has 7 rings (SSSR count). The van der Waals surface area contributed by atoms with E-state index in [0.717, 1.165) is 49.9 Å². The fourth-order valence-corrected chi connectivity index (χ4v) is 5.25. The van der Waals surface area contributed by atoms with Crippen molar-refractivity contribution in [2.45, 2.75) is 44.4 Å². The van der Waals surface area contributed by atoms with E-state index >= 15 is 4.39 Å². The van der Waals surface area contributed by atoms with Crippen molar-refractivity contribution in [3.05, 3.63) is 47.8 Å². The Labute approximate surface area is 212 Å². The summed E-state index contributed by atoms with van der Waals surface area (Å²) in [7, 11) is 1.89. The minimum absolute atomic E-state index is 0.0753. The number of rotatable bonds is 5. The number of hydrogen-bond acceptors (Lipinski definition) is 7. The molecule has 3 fully saturated rings. The van der Waals surface area contributed by atoms with Crippen LogP contribution in [0.2, 0.25) is 0 Å². The van der Waals surface area contributed by atoms with E-state index in [0.29, 0.717) is 41.9 Å². The summed E-state index contributed by atoms with van der Waals surface area (Å²) in [6.07, 6.45) is 7.10. The first kappa shape index (κ1) is 22.6. The average Bonchev–Trinajstić information content (AvgIpc) is 3.48. The Morgan fingerprint density at radius 2 is 1.86 bits per heavy atom. The van der Waals surface area contributed by atoms with Crippen LogP contribution in [0.4, 0.5) is 20.7 Å². The van der Waals surface area contributed by atoms with Crippen molar-refractivity contribution in [3.63, 3.8) is 0 Å². The normalized spacial score (nSPS) is 22.1. The summed E-state index contributed by atoms with van der Waals surface area (Å²) in [5.74, 6) is -0.0700. The first-order chi connectivity index (χ1) is 17.9. The fourth-order valence-electron chi connectivity index (χ4n) is 5.25. The van der Waals surface area contributed by atoms with Crippen LogP contribution in [0.15, 0.2) is 30.6 Å². The van der Waals surface area contributed by atoms with Crippen molar-refractivity contribution in [2.24, 2.45) is 7.05 Å². The van der Waals surface area contributed by atoms with Crippen LogP contribution in [0.1, 0.15) is 43.9 Å². The predicted molar refractivity (Wildman–Crippen MR) is 134 cm³/mol. The van der Waals surface area contributed by atoms with Gasteiger partial charge in [0.25, 0.3) is 0 Å². The molecule has 0 bridgehead atoms. The maximum absolute atomic E-state index is 15.0. The van der Waals surface area contributed by atoms with Gasteiger partial charge in [-0.2, -0.15) is 15.1 Å². The first-order valence-electron chi connectivity index (χ1n) is 12.8. The monoisotopic (exact) mass is 506 g/mol. The summed E-state index contributed by atoms with van der Waals surface area (Å²) < 4.78 is 39.0. The zero-order valence-corrected chi connectivity index (χ0v) is 20.8. The lowest BCUT2D eigenvalue weighted by molar-refractivity contribution is -0.0178. The van der Waals surface area contributed by atoms with Gasteiger partial charge < -0.3 is 19.1 Å². The molecule has 2 aliphatic heterocycles. The molecule has 192 valence electrons. The smallest absolute Gasteiger partial charge is 0.228 e. The number of anilines is 2. The van der Waals surface area contributed by atoms with E-state index in [1.54, 1.807) is 0 Å². The molecule has 1 aliphatic carbocycles. The number of hydrogen-bond donors (Lipinski definition) is 0. The number of fused-ring (bicyclic) bond motifs is 1. The Morgan fingerprint density at radius 1 is 1.03 bits per heavy atom. The molecule has 3 aliphatic rings. The molecule has 37 heavy (non-hydrogen) atoms. The second-order valence-electron chi connectivity index (χ2n) is 10.3. The number of halogens is 2. The van der Waals surface area contributed by atoms with Crippen molar-refractivity contribution < 1.29 is 13.5 Å². The molecule has 5 heterocycles. The van der Waals surface area contributed by atoms with Crippen molar-refractivity contribution in [1.29, 1.82) is 0 Å². The molecule has 9 nitrogen and oxygen atoms in total. The lowest BCUT2D eigenvalue weighted by atomic mass is 10.1. The number of aryl methyl sites for hydroxylation is 1. The van der Waals surface area contributed by atoms with Gasteiger partial charge in [0.2, 0.25) is 11.9 Å². The fraction of sp³-hybridized carbons (Fsp3) is 0.462. The molecule has 1 saturated carbocycles. The Morgan fingerprint density at radius 3 is 2.59 bits per heavy atom. The maximum Gasteiger partial charge on any atom is 0.228 e. The van der Waals surface area contributed by atoms with Crippen LogP contribution in [-0.4, -0.2) is 61.6 Å². The second-order valence-corrected chi connectivity index (χ2v) is 10.3. The van der Waals surface area contributed by atoms with Gasteiger partial charge in [0.15, 0.2) is 5.65 Å². The summed E-state index contributed by atoms with van der Waals surface area (Å²) in [6.45, 7) is 4.95. The lowest BCUT2D eigenvalue weighted by Gasteiger charge is -2.36. The van der Waals surface area contributed by atoms with Gasteiger partial charge in [0.05, 0.1) is 24.9 Å². The minimum atomic E-state index is -0.668. The molecule has 3 aromatic heterocycles. The highest BCUT2D eigenvalue weighted by Gasteiger charge is 2.32. The van der Waals surface area contributed by atoms with Crippen LogP contribution >= 0.6 is 0 Å². The van der Waals surface area contributed by atoms with E-state index in [1.165, 1.54) is 12.1 Å². The third-order valence-corrected chi connectivity index (χ3v) is 7.48. The number of benzene rings is 1. The molecule has 0 N–H and O–H groups in total. The zero-order chi connectivity index (χ0) is 25.3. The van der Waals surface area contributed by atoms with Crippen molar-refractivity contribution in [2.75, 3.05) is 36.0 Å². The molecule has 0 radical (unpaired) electrons. The largest absolute Gasteiger partial charge is 0.367 e. The number of nitrogens with zero attached hydrogens (tertiary/aromatic N) is 8. The molecule has 2 atom stereocenters. The van der Waals surface area contributed by atoms with Crippen LogP contribution in [-0.2, 0) is 11.8 Å². The number of morpholine rings is 1. The van der Waals surface area contributed by atoms with Crippen molar-refractivity contribution >= 4 is 23.1 Å². The van der Waals surface area contributed by atoms with Crippen LogP contribution < -0.4 is 9.80 Å². The molecular formula is C26H28F2N8O. The van der Waals surface area contributed by atoms with E-state index in [-0.39, 0.29) is 17.8 Å². The molecule has 0 unspecified atom stereocenters. The third-order valence-electron chi connectivity index (χ3n) is 7.48. The number of ether oxygens (including phenoxy) is 1. The number of imidazole rings is 1. The van der Waals surface area contributed by atoms with Crippen molar-refractivity contribution in [3.8, 4) is 11.3 Å². The Bertz CT molecular complexity index is 1490. The van der Waals surface area contributed by atoms with E-state index in [9.17, 15) is 4.39 Å². The van der Waals surface area contributed by atoms with Crippen LogP contribution in [0.5, 0.6) is 0 Å². The molecule has 1 aromatic carbocycles. The quantitative estimate of drug-likeness (QED) is 0.405. The topological polar surface area (TPSA) is 77.1 Å². The molecule has 4 aromatic rings. The standard InChI is InChI=1S/C26H28F2N8O/c1-15-12-35(14-21(37-15)16-11-29-36(13-16)18-5-6-18)25-30-22(19-7-4-17(27)10-20(19)28)23-24(31-25)32-26(33(23)2)34-8-3-9-34/h4,7,10-11,13,15,18,21H,3,5-6,8-9,12,14H2,1-2H3/t15-,21+/m0/s1. The van der Waals surface area contributed by atoms with Gasteiger partial charge in [-0.15, -0.1) is 0 Å². The summed E-state index contributed by atoms with van der Waals surface area (Å²) in [4.78, 5) is 18.8. The average molecular weight is 507 g/mol. The van der Waals surface area contributed by atoms with E-state index in [4.69, 9.17) is 19.7 Å². The SMILES string of the molecule is C[C@H]1CN(c2nc(-c3ccc(F)cc3F)c3c(n2)nc(N2CCC2)n3C)C[C@H](c2cnn(C3CC3)c2)O1. The predicted octanol–water partition coefficient (Wildman–Crippen LogP) is 4.02. The first-order valence-corrected chi connectivity index (χ1v) is 12.8. The molecule has 0 amide bonds. The lowest BCUT2D eigenvalue weighted by Crippen LogP contribution is -2.43. The van der Waals surface area contributed by atoms with Crippen molar-refractivity contribution in [1.82, 2.24) is 29.3 Å². The van der Waals surface area contributed by atoms with Gasteiger partial charge in [0.1, 0.15) is 28.9 Å². The van der Waals surface area contributed by atoms with E-state index in [2.05, 4.69) is 21.1 Å². The summed E-state index contributed by atoms with van der Waals surface area (Å²) in [5.41, 5.74) is 2.76. The van der Waals surface area contributed by atoms with Crippen LogP contribution in [0, 0.1) is 11.6 Å². The highest BCUT2D eigenvalue weighted by atomic mass is 19.1. The number of aromatic nitrogens is 6. The van der Waals surface area contributed by atoms with Gasteiger partial charge in [-0.3, -0.25) is 4.68 Å². The van der Waals surface area contributed by atoms with Gasteiger partial charge in [0, 0.05) is 50.1 Å². The Balaban J connectivity index is 1.32. The van der Waals surface area contributed by atoms with E-state index < -0.39 is 11.6 Å². The highest BCUT2D eigenvalue weighted by molar-refractivity contribution is 5.90. The highest BCUT2D eigenvalue weighted by Crippen LogP contribution is 2.37. The molecule has 11 heteroatoms. The van der Waals surface area contributed by atoms with Gasteiger partial charge in [-0.05, 0) is 38.3 Å². The second kappa shape index (κ2) is 8.47. The third kappa shape index (κ3) is 3.92. The molecule has 0 spiro atoms.